The summed E-state index contributed by atoms with van der Waals surface area (Å²) in [4.78, 5) is 0. The third kappa shape index (κ3) is 2.14. The predicted octanol–water partition coefficient (Wildman–Crippen LogP) is 4.82. The summed E-state index contributed by atoms with van der Waals surface area (Å²) in [6, 6.07) is 16.9. The Kier molecular flexibility index (Phi) is 3.23. The van der Waals surface area contributed by atoms with Crippen molar-refractivity contribution in [1.29, 1.82) is 0 Å². The molecule has 1 N–H and O–H groups in total. The van der Waals surface area contributed by atoms with Crippen LogP contribution in [-0.4, -0.2) is 6.04 Å². The van der Waals surface area contributed by atoms with Crippen LogP contribution < -0.4 is 5.32 Å². The quantitative estimate of drug-likeness (QED) is 0.779. The maximum Gasteiger partial charge on any atom is 0.0329 e. The van der Waals surface area contributed by atoms with E-state index in [4.69, 9.17) is 0 Å². The molecule has 2 aromatic rings. The summed E-state index contributed by atoms with van der Waals surface area (Å²) in [6.45, 7) is 0. The van der Waals surface area contributed by atoms with Gasteiger partial charge in [-0.1, -0.05) is 55.3 Å². The third-order valence-electron chi connectivity index (χ3n) is 5.35. The van der Waals surface area contributed by atoms with Crippen molar-refractivity contribution in [3.8, 4) is 0 Å². The van der Waals surface area contributed by atoms with Gasteiger partial charge in [-0.2, -0.15) is 0 Å². The Morgan fingerprint density at radius 3 is 2.65 bits per heavy atom. The van der Waals surface area contributed by atoms with Gasteiger partial charge >= 0.3 is 0 Å². The number of benzene rings is 2. The lowest BCUT2D eigenvalue weighted by Gasteiger charge is -2.41. The predicted molar refractivity (Wildman–Crippen MR) is 84.8 cm³/mol. The molecule has 3 atom stereocenters. The number of fused-ring (bicyclic) bond motifs is 2. The van der Waals surface area contributed by atoms with Crippen LogP contribution >= 0.6 is 0 Å². The molecule has 1 aliphatic carbocycles. The lowest BCUT2D eigenvalue weighted by molar-refractivity contribution is 0.177. The zero-order valence-electron chi connectivity index (χ0n) is 12.0. The minimum absolute atomic E-state index is 0.556. The Morgan fingerprint density at radius 2 is 1.65 bits per heavy atom. The summed E-state index contributed by atoms with van der Waals surface area (Å²) in [5.74, 6) is 0.940. The first-order valence-electron chi connectivity index (χ1n) is 8.15. The van der Waals surface area contributed by atoms with Crippen LogP contribution in [-0.2, 0) is 0 Å². The van der Waals surface area contributed by atoms with Gasteiger partial charge in [0.05, 0.1) is 0 Å². The summed E-state index contributed by atoms with van der Waals surface area (Å²) in [5.41, 5.74) is 1.51. The molecule has 1 heterocycles. The summed E-state index contributed by atoms with van der Waals surface area (Å²) in [6.07, 6.45) is 8.39. The van der Waals surface area contributed by atoms with Gasteiger partial charge in [0, 0.05) is 12.1 Å². The molecule has 1 saturated carbocycles. The molecule has 1 saturated heterocycles. The van der Waals surface area contributed by atoms with Crippen molar-refractivity contribution in [2.24, 2.45) is 5.92 Å². The van der Waals surface area contributed by atoms with Crippen molar-refractivity contribution in [2.75, 3.05) is 0 Å². The minimum atomic E-state index is 0.556. The largest absolute Gasteiger partial charge is 0.307 e. The van der Waals surface area contributed by atoms with Gasteiger partial charge in [-0.15, -0.1) is 0 Å². The van der Waals surface area contributed by atoms with Crippen LogP contribution in [0.4, 0.5) is 0 Å². The number of rotatable bonds is 1. The molecule has 1 nitrogen and oxygen atoms in total. The van der Waals surface area contributed by atoms with E-state index in [0.29, 0.717) is 6.04 Å². The Morgan fingerprint density at radius 1 is 0.800 bits per heavy atom. The highest BCUT2D eigenvalue weighted by molar-refractivity contribution is 5.86. The zero-order valence-corrected chi connectivity index (χ0v) is 12.0. The molecule has 2 aromatic carbocycles. The van der Waals surface area contributed by atoms with Crippen molar-refractivity contribution in [2.45, 2.75) is 50.6 Å². The summed E-state index contributed by atoms with van der Waals surface area (Å²) in [7, 11) is 0. The fourth-order valence-corrected chi connectivity index (χ4v) is 4.29. The molecule has 0 radical (unpaired) electrons. The van der Waals surface area contributed by atoms with Gasteiger partial charge in [-0.25, -0.2) is 0 Å². The Bertz CT molecular complexity index is 598. The standard InChI is InChI=1S/C19H23N/c1-3-9-16-14(6-1)8-5-10-17(16)19-13-12-15-7-2-4-11-18(15)20-19/h1,3,5-6,8-10,15,18-20H,2,4,7,11-13H2. The summed E-state index contributed by atoms with van der Waals surface area (Å²) in [5, 5.41) is 6.77. The van der Waals surface area contributed by atoms with Crippen molar-refractivity contribution in [3.63, 3.8) is 0 Å². The summed E-state index contributed by atoms with van der Waals surface area (Å²) >= 11 is 0. The number of nitrogens with one attached hydrogen (secondary N) is 1. The van der Waals surface area contributed by atoms with E-state index in [1.807, 2.05) is 0 Å². The number of hydrogen-bond donors (Lipinski definition) is 1. The van der Waals surface area contributed by atoms with E-state index in [9.17, 15) is 0 Å². The maximum atomic E-state index is 3.96. The van der Waals surface area contributed by atoms with E-state index in [2.05, 4.69) is 47.8 Å². The second kappa shape index (κ2) is 5.21. The fraction of sp³-hybridized carbons (Fsp3) is 0.474. The molecule has 2 fully saturated rings. The molecule has 0 spiro atoms. The van der Waals surface area contributed by atoms with Gasteiger partial charge in [-0.3, -0.25) is 0 Å². The minimum Gasteiger partial charge on any atom is -0.307 e. The highest BCUT2D eigenvalue weighted by Crippen LogP contribution is 2.38. The average molecular weight is 265 g/mol. The molecule has 0 amide bonds. The SMILES string of the molecule is c1ccc2c(C3CCC4CCCCC4N3)cccc2c1. The molecule has 20 heavy (non-hydrogen) atoms. The zero-order chi connectivity index (χ0) is 13.4. The van der Waals surface area contributed by atoms with Gasteiger partial charge in [0.2, 0.25) is 0 Å². The number of hydrogen-bond acceptors (Lipinski definition) is 1. The molecule has 104 valence electrons. The second-order valence-electron chi connectivity index (χ2n) is 6.52. The van der Waals surface area contributed by atoms with Gasteiger partial charge < -0.3 is 5.32 Å². The maximum absolute atomic E-state index is 3.96. The molecule has 3 unspecified atom stereocenters. The number of piperidine rings is 1. The molecule has 4 rings (SSSR count). The van der Waals surface area contributed by atoms with Gasteiger partial charge in [0.15, 0.2) is 0 Å². The molecule has 0 aromatic heterocycles. The topological polar surface area (TPSA) is 12.0 Å². The Balaban J connectivity index is 1.66. The van der Waals surface area contributed by atoms with Crippen LogP contribution in [0, 0.1) is 5.92 Å². The molecule has 0 bridgehead atoms. The van der Waals surface area contributed by atoms with E-state index >= 15 is 0 Å². The van der Waals surface area contributed by atoms with Crippen LogP contribution in [0.15, 0.2) is 42.5 Å². The monoisotopic (exact) mass is 265 g/mol. The van der Waals surface area contributed by atoms with Crippen LogP contribution in [0.5, 0.6) is 0 Å². The average Bonchev–Trinajstić information content (AvgIpc) is 2.54. The first kappa shape index (κ1) is 12.4. The van der Waals surface area contributed by atoms with Gasteiger partial charge in [-0.05, 0) is 47.9 Å². The van der Waals surface area contributed by atoms with Crippen LogP contribution in [0.3, 0.4) is 0 Å². The molecular formula is C19H23N. The van der Waals surface area contributed by atoms with Crippen molar-refractivity contribution in [3.05, 3.63) is 48.0 Å². The fourth-order valence-electron chi connectivity index (χ4n) is 4.29. The van der Waals surface area contributed by atoms with Crippen molar-refractivity contribution < 1.29 is 0 Å². The second-order valence-corrected chi connectivity index (χ2v) is 6.52. The summed E-state index contributed by atoms with van der Waals surface area (Å²) < 4.78 is 0. The lowest BCUT2D eigenvalue weighted by Crippen LogP contribution is -2.44. The smallest absolute Gasteiger partial charge is 0.0329 e. The third-order valence-corrected chi connectivity index (χ3v) is 5.35. The first-order chi connectivity index (χ1) is 9.92. The van der Waals surface area contributed by atoms with E-state index < -0.39 is 0 Å². The van der Waals surface area contributed by atoms with E-state index in [1.54, 1.807) is 0 Å². The van der Waals surface area contributed by atoms with E-state index in [1.165, 1.54) is 54.9 Å². The Hall–Kier alpha value is -1.34. The molecular weight excluding hydrogens is 242 g/mol. The van der Waals surface area contributed by atoms with Crippen LogP contribution in [0.1, 0.15) is 50.1 Å². The molecule has 1 heteroatoms. The normalized spacial score (nSPS) is 30.1. The van der Waals surface area contributed by atoms with E-state index in [0.717, 1.165) is 12.0 Å². The first-order valence-corrected chi connectivity index (χ1v) is 8.15. The molecule has 1 aliphatic heterocycles. The highest BCUT2D eigenvalue weighted by Gasteiger charge is 2.32. The van der Waals surface area contributed by atoms with Gasteiger partial charge in [0.1, 0.15) is 0 Å². The van der Waals surface area contributed by atoms with Crippen molar-refractivity contribution in [1.82, 2.24) is 5.32 Å². The van der Waals surface area contributed by atoms with Crippen molar-refractivity contribution >= 4 is 10.8 Å². The van der Waals surface area contributed by atoms with Gasteiger partial charge in [0.25, 0.3) is 0 Å². The molecule has 2 aliphatic rings. The highest BCUT2D eigenvalue weighted by atomic mass is 15.0. The van der Waals surface area contributed by atoms with Crippen LogP contribution in [0.2, 0.25) is 0 Å². The van der Waals surface area contributed by atoms with Crippen LogP contribution in [0.25, 0.3) is 10.8 Å². The lowest BCUT2D eigenvalue weighted by atomic mass is 9.76. The van der Waals surface area contributed by atoms with E-state index in [-0.39, 0.29) is 0 Å². The Labute approximate surface area is 121 Å².